The van der Waals surface area contributed by atoms with Gasteiger partial charge in [0, 0.05) is 24.5 Å². The minimum Gasteiger partial charge on any atom is -0.550 e. The van der Waals surface area contributed by atoms with Crippen LogP contribution in [0.4, 0.5) is 0 Å². The van der Waals surface area contributed by atoms with Crippen molar-refractivity contribution >= 4 is 11.9 Å². The molecule has 0 aliphatic carbocycles. The molecule has 0 atom stereocenters. The molecular weight excluding hydrogens is 241 g/mol. The van der Waals surface area contributed by atoms with Gasteiger partial charge in [-0.3, -0.25) is 4.79 Å². The maximum atomic E-state index is 11.6. The normalized spacial score (nSPS) is 9.63. The van der Waals surface area contributed by atoms with E-state index in [4.69, 9.17) is 4.74 Å². The van der Waals surface area contributed by atoms with Crippen molar-refractivity contribution in [1.29, 1.82) is 0 Å². The summed E-state index contributed by atoms with van der Waals surface area (Å²) in [5.41, 5.74) is 0.462. The Hall–Kier alpha value is -1.44. The zero-order valence-corrected chi connectivity index (χ0v) is 11.4. The molecule has 0 fully saturated rings. The van der Waals surface area contributed by atoms with Gasteiger partial charge in [0.15, 0.2) is 0 Å². The third-order valence-electron chi connectivity index (χ3n) is 2.10. The van der Waals surface area contributed by atoms with Gasteiger partial charge in [-0.1, -0.05) is 0 Å². The van der Waals surface area contributed by atoms with E-state index in [2.05, 4.69) is 5.32 Å². The van der Waals surface area contributed by atoms with Crippen molar-refractivity contribution in [1.82, 2.24) is 5.32 Å². The predicted molar refractivity (Wildman–Crippen MR) is 64.2 cm³/mol. The van der Waals surface area contributed by atoms with Crippen LogP contribution in [-0.4, -0.2) is 24.5 Å². The van der Waals surface area contributed by atoms with Gasteiger partial charge in [-0.25, -0.2) is 0 Å². The second-order valence-corrected chi connectivity index (χ2v) is 4.07. The molecule has 1 aromatic rings. The average Bonchev–Trinajstić information content (AvgIpc) is 2.28. The summed E-state index contributed by atoms with van der Waals surface area (Å²) in [7, 11) is 0. The summed E-state index contributed by atoms with van der Waals surface area (Å²) in [5, 5.41) is 12.7. The van der Waals surface area contributed by atoms with Crippen LogP contribution in [0.1, 0.15) is 30.6 Å². The number of carbonyl (C=O) groups excluding carboxylic acids is 2. The van der Waals surface area contributed by atoms with Crippen LogP contribution in [-0.2, 0) is 4.79 Å². The van der Waals surface area contributed by atoms with Crippen LogP contribution in [0.15, 0.2) is 24.3 Å². The average molecular weight is 257 g/mol. The summed E-state index contributed by atoms with van der Waals surface area (Å²) in [4.78, 5) is 21.8. The van der Waals surface area contributed by atoms with Crippen molar-refractivity contribution in [2.24, 2.45) is 0 Å². The molecule has 19 heavy (non-hydrogen) atoms. The molecule has 0 radical (unpaired) electrons. The molecular formula is C13H16LiNO4. The molecule has 98 valence electrons. The van der Waals surface area contributed by atoms with Crippen molar-refractivity contribution in [3.05, 3.63) is 29.8 Å². The zero-order valence-electron chi connectivity index (χ0n) is 11.4. The molecule has 6 heteroatoms. The number of ether oxygens (including phenoxy) is 1. The van der Waals surface area contributed by atoms with E-state index in [1.807, 2.05) is 13.8 Å². The van der Waals surface area contributed by atoms with Gasteiger partial charge in [0.1, 0.15) is 5.75 Å². The Bertz CT molecular complexity index is 417. The molecule has 1 rings (SSSR count). The number of amides is 1. The minimum atomic E-state index is -1.18. The van der Waals surface area contributed by atoms with E-state index in [0.717, 1.165) is 0 Å². The number of aliphatic carboxylic acids is 1. The standard InChI is InChI=1S/C13H17NO4.Li/c1-9(2)18-11-5-3-10(4-6-11)13(17)14-8-7-12(15)16;/h3-6,9H,7-8H2,1-2H3,(H,14,17)(H,15,16);/q;+1/p-1. The number of rotatable bonds is 6. The molecule has 0 unspecified atom stereocenters. The molecule has 0 spiro atoms. The zero-order chi connectivity index (χ0) is 13.5. The Balaban J connectivity index is 0.00000324. The van der Waals surface area contributed by atoms with E-state index in [1.165, 1.54) is 0 Å². The van der Waals surface area contributed by atoms with Crippen molar-refractivity contribution in [2.45, 2.75) is 26.4 Å². The molecule has 0 aromatic heterocycles. The van der Waals surface area contributed by atoms with Gasteiger partial charge in [-0.2, -0.15) is 0 Å². The van der Waals surface area contributed by atoms with Gasteiger partial charge in [0.05, 0.1) is 6.10 Å². The topological polar surface area (TPSA) is 78.5 Å². The van der Waals surface area contributed by atoms with Crippen LogP contribution in [0, 0.1) is 0 Å². The number of carbonyl (C=O) groups is 2. The second kappa shape index (κ2) is 8.62. The van der Waals surface area contributed by atoms with E-state index >= 15 is 0 Å². The maximum Gasteiger partial charge on any atom is 1.00 e. The van der Waals surface area contributed by atoms with Crippen LogP contribution in [0.2, 0.25) is 0 Å². The monoisotopic (exact) mass is 257 g/mol. The van der Waals surface area contributed by atoms with E-state index in [0.29, 0.717) is 11.3 Å². The summed E-state index contributed by atoms with van der Waals surface area (Å²) in [5.74, 6) is -0.806. The molecule has 0 heterocycles. The largest absolute Gasteiger partial charge is 1.00 e. The number of carboxylic acids is 1. The van der Waals surface area contributed by atoms with Crippen LogP contribution in [0.5, 0.6) is 5.75 Å². The van der Waals surface area contributed by atoms with Gasteiger partial charge >= 0.3 is 18.9 Å². The first-order valence-corrected chi connectivity index (χ1v) is 5.74. The Labute approximate surface area is 124 Å². The summed E-state index contributed by atoms with van der Waals surface area (Å²) in [6.45, 7) is 3.90. The molecule has 0 saturated heterocycles. The quantitative estimate of drug-likeness (QED) is 0.565. The van der Waals surface area contributed by atoms with Crippen LogP contribution >= 0.6 is 0 Å². The summed E-state index contributed by atoms with van der Waals surface area (Å²) >= 11 is 0. The SMILES string of the molecule is CC(C)Oc1ccc(C(=O)NCCC(=O)[O-])cc1.[Li+]. The number of carboxylic acid groups (broad SMARTS) is 1. The summed E-state index contributed by atoms with van der Waals surface area (Å²) in [6, 6.07) is 6.67. The molecule has 0 aliphatic heterocycles. The molecule has 1 aromatic carbocycles. The fourth-order valence-corrected chi connectivity index (χ4v) is 1.34. The van der Waals surface area contributed by atoms with E-state index in [-0.39, 0.29) is 43.8 Å². The smallest absolute Gasteiger partial charge is 0.550 e. The third kappa shape index (κ3) is 6.90. The first-order chi connectivity index (χ1) is 8.49. The molecule has 0 aliphatic rings. The van der Waals surface area contributed by atoms with Gasteiger partial charge in [0.2, 0.25) is 0 Å². The minimum absolute atomic E-state index is 0. The molecule has 0 saturated carbocycles. The first kappa shape index (κ1) is 17.6. The van der Waals surface area contributed by atoms with Crippen molar-refractivity contribution in [2.75, 3.05) is 6.54 Å². The van der Waals surface area contributed by atoms with Gasteiger partial charge in [-0.15, -0.1) is 0 Å². The Morgan fingerprint density at radius 2 is 1.84 bits per heavy atom. The molecule has 1 amide bonds. The molecule has 5 nitrogen and oxygen atoms in total. The molecule has 1 N–H and O–H groups in total. The fourth-order valence-electron chi connectivity index (χ4n) is 1.34. The van der Waals surface area contributed by atoms with Gasteiger partial charge in [-0.05, 0) is 38.1 Å². The van der Waals surface area contributed by atoms with E-state index in [1.54, 1.807) is 24.3 Å². The van der Waals surface area contributed by atoms with Gasteiger partial charge in [0.25, 0.3) is 5.91 Å². The number of benzene rings is 1. The van der Waals surface area contributed by atoms with Crippen LogP contribution in [0.25, 0.3) is 0 Å². The predicted octanol–water partition coefficient (Wildman–Crippen LogP) is -2.65. The summed E-state index contributed by atoms with van der Waals surface area (Å²) in [6.07, 6.45) is -0.118. The van der Waals surface area contributed by atoms with Crippen LogP contribution in [0.3, 0.4) is 0 Å². The Kier molecular flexibility index (Phi) is 7.97. The van der Waals surface area contributed by atoms with Crippen molar-refractivity contribution in [3.8, 4) is 5.75 Å². The van der Waals surface area contributed by atoms with E-state index in [9.17, 15) is 14.7 Å². The maximum absolute atomic E-state index is 11.6. The summed E-state index contributed by atoms with van der Waals surface area (Å²) < 4.78 is 5.44. The van der Waals surface area contributed by atoms with Crippen LogP contribution < -0.4 is 34.0 Å². The second-order valence-electron chi connectivity index (χ2n) is 4.07. The van der Waals surface area contributed by atoms with Crippen molar-refractivity contribution < 1.29 is 38.3 Å². The van der Waals surface area contributed by atoms with Gasteiger partial charge < -0.3 is 20.0 Å². The number of nitrogens with one attached hydrogen (secondary N) is 1. The van der Waals surface area contributed by atoms with E-state index < -0.39 is 5.97 Å². The van der Waals surface area contributed by atoms with Crippen molar-refractivity contribution in [3.63, 3.8) is 0 Å². The molecule has 0 bridgehead atoms. The Morgan fingerprint density at radius 1 is 1.26 bits per heavy atom. The third-order valence-corrected chi connectivity index (χ3v) is 2.10. The first-order valence-electron chi connectivity index (χ1n) is 5.74. The number of hydrogen-bond donors (Lipinski definition) is 1. The Morgan fingerprint density at radius 3 is 2.32 bits per heavy atom. The number of hydrogen-bond acceptors (Lipinski definition) is 4. The fraction of sp³-hybridized carbons (Fsp3) is 0.385.